The third kappa shape index (κ3) is 2.94. The standard InChI is InChI=1S/C12H19N5/c1-3-13-7-11-8-16(10-15-11)9-12-14-5-6-17(12)4-2/h5-6,8,10,13H,3-4,7,9H2,1-2H3. The smallest absolute Gasteiger partial charge is 0.128 e. The maximum atomic E-state index is 4.35. The van der Waals surface area contributed by atoms with Gasteiger partial charge in [-0.05, 0) is 13.5 Å². The van der Waals surface area contributed by atoms with E-state index < -0.39 is 0 Å². The molecule has 5 heteroatoms. The Balaban J connectivity index is 2.01. The molecule has 0 unspecified atom stereocenters. The Morgan fingerprint density at radius 2 is 2.18 bits per heavy atom. The van der Waals surface area contributed by atoms with E-state index in [0.717, 1.165) is 37.7 Å². The summed E-state index contributed by atoms with van der Waals surface area (Å²) in [5.74, 6) is 1.07. The molecule has 1 N–H and O–H groups in total. The maximum absolute atomic E-state index is 4.35. The van der Waals surface area contributed by atoms with Gasteiger partial charge in [-0.3, -0.25) is 0 Å². The largest absolute Gasteiger partial charge is 0.334 e. The Hall–Kier alpha value is -1.62. The molecule has 0 saturated heterocycles. The molecular weight excluding hydrogens is 214 g/mol. The van der Waals surface area contributed by atoms with Gasteiger partial charge in [0, 0.05) is 31.7 Å². The lowest BCUT2D eigenvalue weighted by molar-refractivity contribution is 0.650. The van der Waals surface area contributed by atoms with Gasteiger partial charge in [0.1, 0.15) is 5.82 Å². The minimum Gasteiger partial charge on any atom is -0.334 e. The van der Waals surface area contributed by atoms with Crippen LogP contribution in [0.5, 0.6) is 0 Å². The van der Waals surface area contributed by atoms with Gasteiger partial charge in [-0.1, -0.05) is 6.92 Å². The summed E-state index contributed by atoms with van der Waals surface area (Å²) >= 11 is 0. The van der Waals surface area contributed by atoms with Crippen LogP contribution in [-0.2, 0) is 19.6 Å². The highest BCUT2D eigenvalue weighted by atomic mass is 15.1. The highest BCUT2D eigenvalue weighted by Crippen LogP contribution is 2.03. The van der Waals surface area contributed by atoms with Crippen molar-refractivity contribution in [3.05, 3.63) is 36.4 Å². The molecular formula is C12H19N5. The van der Waals surface area contributed by atoms with Gasteiger partial charge < -0.3 is 14.5 Å². The topological polar surface area (TPSA) is 47.7 Å². The van der Waals surface area contributed by atoms with E-state index in [-0.39, 0.29) is 0 Å². The quantitative estimate of drug-likeness (QED) is 0.817. The molecule has 0 aliphatic heterocycles. The van der Waals surface area contributed by atoms with E-state index >= 15 is 0 Å². The lowest BCUT2D eigenvalue weighted by Gasteiger charge is -2.04. The summed E-state index contributed by atoms with van der Waals surface area (Å²) in [5.41, 5.74) is 1.07. The first-order chi connectivity index (χ1) is 8.33. The normalized spacial score (nSPS) is 10.9. The van der Waals surface area contributed by atoms with Crippen LogP contribution in [0.4, 0.5) is 0 Å². The van der Waals surface area contributed by atoms with Gasteiger partial charge in [-0.25, -0.2) is 9.97 Å². The van der Waals surface area contributed by atoms with Gasteiger partial charge in [-0.2, -0.15) is 0 Å². The van der Waals surface area contributed by atoms with Crippen LogP contribution in [0.2, 0.25) is 0 Å². The summed E-state index contributed by atoms with van der Waals surface area (Å²) in [7, 11) is 0. The molecule has 0 aromatic carbocycles. The lowest BCUT2D eigenvalue weighted by atomic mass is 10.4. The minimum atomic E-state index is 0.778. The predicted octanol–water partition coefficient (Wildman–Crippen LogP) is 1.26. The van der Waals surface area contributed by atoms with E-state index in [9.17, 15) is 0 Å². The van der Waals surface area contributed by atoms with Crippen LogP contribution in [0.3, 0.4) is 0 Å². The Bertz CT molecular complexity index is 457. The number of nitrogens with one attached hydrogen (secondary N) is 1. The van der Waals surface area contributed by atoms with Crippen LogP contribution in [0.1, 0.15) is 25.4 Å². The molecule has 2 aromatic heterocycles. The second-order valence-electron chi connectivity index (χ2n) is 3.95. The van der Waals surface area contributed by atoms with E-state index in [1.165, 1.54) is 0 Å². The van der Waals surface area contributed by atoms with Crippen molar-refractivity contribution in [2.75, 3.05) is 6.54 Å². The molecule has 2 rings (SSSR count). The van der Waals surface area contributed by atoms with Crippen molar-refractivity contribution in [1.29, 1.82) is 0 Å². The van der Waals surface area contributed by atoms with Crippen molar-refractivity contribution in [3.8, 4) is 0 Å². The van der Waals surface area contributed by atoms with Gasteiger partial charge in [0.25, 0.3) is 0 Å². The van der Waals surface area contributed by atoms with Crippen molar-refractivity contribution < 1.29 is 0 Å². The van der Waals surface area contributed by atoms with Crippen LogP contribution in [0.15, 0.2) is 24.9 Å². The van der Waals surface area contributed by atoms with Crippen molar-refractivity contribution in [2.24, 2.45) is 0 Å². The van der Waals surface area contributed by atoms with Crippen LogP contribution in [-0.4, -0.2) is 25.6 Å². The average molecular weight is 233 g/mol. The number of aryl methyl sites for hydroxylation is 1. The van der Waals surface area contributed by atoms with Gasteiger partial charge in [0.05, 0.1) is 18.6 Å². The fourth-order valence-corrected chi connectivity index (χ4v) is 1.78. The number of imidazole rings is 2. The Morgan fingerprint density at radius 3 is 2.94 bits per heavy atom. The van der Waals surface area contributed by atoms with Gasteiger partial charge in [0.2, 0.25) is 0 Å². The minimum absolute atomic E-state index is 0.778. The molecule has 2 heterocycles. The molecule has 0 fully saturated rings. The van der Waals surface area contributed by atoms with Crippen molar-refractivity contribution in [1.82, 2.24) is 24.4 Å². The first-order valence-corrected chi connectivity index (χ1v) is 6.04. The summed E-state index contributed by atoms with van der Waals surface area (Å²) in [4.78, 5) is 8.71. The third-order valence-corrected chi connectivity index (χ3v) is 2.71. The molecule has 5 nitrogen and oxygen atoms in total. The Kier molecular flexibility index (Phi) is 3.93. The lowest BCUT2D eigenvalue weighted by Crippen LogP contribution is -2.12. The first kappa shape index (κ1) is 11.9. The van der Waals surface area contributed by atoms with Gasteiger partial charge in [-0.15, -0.1) is 0 Å². The highest BCUT2D eigenvalue weighted by molar-refractivity contribution is 5.00. The van der Waals surface area contributed by atoms with E-state index in [4.69, 9.17) is 0 Å². The fourth-order valence-electron chi connectivity index (χ4n) is 1.78. The predicted molar refractivity (Wildman–Crippen MR) is 66.6 cm³/mol. The molecule has 92 valence electrons. The van der Waals surface area contributed by atoms with Crippen molar-refractivity contribution in [3.63, 3.8) is 0 Å². The molecule has 0 bridgehead atoms. The zero-order valence-corrected chi connectivity index (χ0v) is 10.4. The van der Waals surface area contributed by atoms with Crippen LogP contribution in [0, 0.1) is 0 Å². The zero-order valence-electron chi connectivity index (χ0n) is 10.4. The monoisotopic (exact) mass is 233 g/mol. The Labute approximate surface area is 102 Å². The van der Waals surface area contributed by atoms with E-state index in [2.05, 4.69) is 44.5 Å². The summed E-state index contributed by atoms with van der Waals surface area (Å²) in [5, 5.41) is 3.26. The first-order valence-electron chi connectivity index (χ1n) is 6.04. The molecule has 0 aliphatic rings. The molecule has 17 heavy (non-hydrogen) atoms. The molecule has 0 aliphatic carbocycles. The van der Waals surface area contributed by atoms with E-state index in [0.29, 0.717) is 0 Å². The Morgan fingerprint density at radius 1 is 1.29 bits per heavy atom. The average Bonchev–Trinajstić information content (AvgIpc) is 2.96. The van der Waals surface area contributed by atoms with Gasteiger partial charge >= 0.3 is 0 Å². The summed E-state index contributed by atoms with van der Waals surface area (Å²) < 4.78 is 4.21. The molecule has 0 amide bonds. The number of aromatic nitrogens is 4. The molecule has 0 saturated carbocycles. The zero-order chi connectivity index (χ0) is 12.1. The molecule has 0 spiro atoms. The fraction of sp³-hybridized carbons (Fsp3) is 0.500. The van der Waals surface area contributed by atoms with Crippen LogP contribution in [0.25, 0.3) is 0 Å². The number of hydrogen-bond acceptors (Lipinski definition) is 3. The summed E-state index contributed by atoms with van der Waals surface area (Å²) in [6.07, 6.45) is 7.78. The number of hydrogen-bond donors (Lipinski definition) is 1. The summed E-state index contributed by atoms with van der Waals surface area (Å²) in [6, 6.07) is 0. The van der Waals surface area contributed by atoms with E-state index in [1.54, 1.807) is 0 Å². The van der Waals surface area contributed by atoms with Crippen molar-refractivity contribution in [2.45, 2.75) is 33.5 Å². The molecule has 0 atom stereocenters. The highest BCUT2D eigenvalue weighted by Gasteiger charge is 2.03. The summed E-state index contributed by atoms with van der Waals surface area (Å²) in [6.45, 7) is 7.73. The second-order valence-corrected chi connectivity index (χ2v) is 3.95. The van der Waals surface area contributed by atoms with Crippen LogP contribution < -0.4 is 5.32 Å². The number of rotatable bonds is 6. The SMILES string of the molecule is CCNCc1cn(Cc2nccn2CC)cn1. The third-order valence-electron chi connectivity index (χ3n) is 2.71. The molecule has 0 radical (unpaired) electrons. The second kappa shape index (κ2) is 5.63. The van der Waals surface area contributed by atoms with Gasteiger partial charge in [0.15, 0.2) is 0 Å². The van der Waals surface area contributed by atoms with E-state index in [1.807, 2.05) is 18.7 Å². The van der Waals surface area contributed by atoms with Crippen LogP contribution >= 0.6 is 0 Å². The maximum Gasteiger partial charge on any atom is 0.128 e. The van der Waals surface area contributed by atoms with Crippen molar-refractivity contribution >= 4 is 0 Å². The molecule has 2 aromatic rings. The number of nitrogens with zero attached hydrogens (tertiary/aromatic N) is 4.